The number of aromatic nitrogens is 1. The maximum absolute atomic E-state index is 5.18. The highest BCUT2D eigenvalue weighted by atomic mass is 16.5. The Labute approximate surface area is 54.1 Å². The standard InChI is InChI=1S/C7H10NO/c1-7(3-4-7)8-5-2-6-9-8/h2,5-6H,3-4H2,1H3/q+1. The van der Waals surface area contributed by atoms with Crippen molar-refractivity contribution in [3.8, 4) is 0 Å². The van der Waals surface area contributed by atoms with Crippen LogP contribution in [0.4, 0.5) is 0 Å². The maximum atomic E-state index is 5.18. The molecule has 9 heavy (non-hydrogen) atoms. The van der Waals surface area contributed by atoms with E-state index in [9.17, 15) is 0 Å². The fourth-order valence-electron chi connectivity index (χ4n) is 0.958. The van der Waals surface area contributed by atoms with Gasteiger partial charge in [-0.15, -0.1) is 0 Å². The molecule has 1 aliphatic carbocycles. The zero-order valence-corrected chi connectivity index (χ0v) is 5.50. The van der Waals surface area contributed by atoms with Crippen LogP contribution in [0.25, 0.3) is 0 Å². The first kappa shape index (κ1) is 5.03. The molecule has 2 nitrogen and oxygen atoms in total. The first-order valence-electron chi connectivity index (χ1n) is 3.27. The van der Waals surface area contributed by atoms with Gasteiger partial charge in [-0.25, -0.2) is 4.52 Å². The predicted molar refractivity (Wildman–Crippen MR) is 31.8 cm³/mol. The minimum Gasteiger partial charge on any atom is -0.244 e. The van der Waals surface area contributed by atoms with Crippen LogP contribution in [0.3, 0.4) is 0 Å². The zero-order chi connectivity index (χ0) is 6.32. The van der Waals surface area contributed by atoms with Crippen molar-refractivity contribution in [3.63, 3.8) is 0 Å². The van der Waals surface area contributed by atoms with Crippen LogP contribution in [0.15, 0.2) is 23.0 Å². The third-order valence-corrected chi connectivity index (χ3v) is 1.98. The monoisotopic (exact) mass is 124 g/mol. The molecule has 0 aromatic carbocycles. The van der Waals surface area contributed by atoms with Gasteiger partial charge in [0.15, 0.2) is 6.26 Å². The van der Waals surface area contributed by atoms with E-state index in [2.05, 4.69) is 6.92 Å². The van der Waals surface area contributed by atoms with Gasteiger partial charge in [0.05, 0.1) is 0 Å². The van der Waals surface area contributed by atoms with Crippen LogP contribution < -0.4 is 4.74 Å². The predicted octanol–water partition coefficient (Wildman–Crippen LogP) is 1.08. The summed E-state index contributed by atoms with van der Waals surface area (Å²) < 4.78 is 7.10. The molecule has 0 N–H and O–H groups in total. The molecule has 2 heteroatoms. The summed E-state index contributed by atoms with van der Waals surface area (Å²) in [6, 6.07) is 1.92. The van der Waals surface area contributed by atoms with Crippen LogP contribution in [0.1, 0.15) is 19.8 Å². The molecule has 0 amide bonds. The second-order valence-electron chi connectivity index (χ2n) is 2.91. The van der Waals surface area contributed by atoms with Gasteiger partial charge in [0.25, 0.3) is 0 Å². The summed E-state index contributed by atoms with van der Waals surface area (Å²) in [6.07, 6.45) is 6.20. The third-order valence-electron chi connectivity index (χ3n) is 1.98. The topological polar surface area (TPSA) is 17.0 Å². The van der Waals surface area contributed by atoms with Crippen molar-refractivity contribution in [3.05, 3.63) is 18.5 Å². The SMILES string of the molecule is CC1([n+]2ccco2)CC1. The highest BCUT2D eigenvalue weighted by Gasteiger charge is 2.50. The molecule has 1 aromatic rings. The molecule has 0 bridgehead atoms. The molecule has 0 saturated heterocycles. The molecule has 0 aliphatic heterocycles. The molecule has 1 saturated carbocycles. The fraction of sp³-hybridized carbons (Fsp3) is 0.571. The van der Waals surface area contributed by atoms with Gasteiger partial charge in [0, 0.05) is 25.8 Å². The van der Waals surface area contributed by atoms with E-state index in [0.29, 0.717) is 5.54 Å². The Hall–Kier alpha value is -0.790. The van der Waals surface area contributed by atoms with Crippen LogP contribution >= 0.6 is 0 Å². The van der Waals surface area contributed by atoms with E-state index in [0.717, 1.165) is 0 Å². The van der Waals surface area contributed by atoms with Crippen molar-refractivity contribution in [2.75, 3.05) is 0 Å². The largest absolute Gasteiger partial charge is 0.244 e. The second kappa shape index (κ2) is 1.38. The van der Waals surface area contributed by atoms with Gasteiger partial charge in [-0.1, -0.05) is 0 Å². The molecule has 1 fully saturated rings. The van der Waals surface area contributed by atoms with Crippen LogP contribution in [-0.4, -0.2) is 0 Å². The summed E-state index contributed by atoms with van der Waals surface area (Å²) in [7, 11) is 0. The summed E-state index contributed by atoms with van der Waals surface area (Å²) in [5.41, 5.74) is 0.323. The van der Waals surface area contributed by atoms with Crippen LogP contribution in [-0.2, 0) is 5.54 Å². The molecule has 0 atom stereocenters. The highest BCUT2D eigenvalue weighted by Crippen LogP contribution is 2.37. The molecule has 2 rings (SSSR count). The van der Waals surface area contributed by atoms with Crippen molar-refractivity contribution in [2.24, 2.45) is 0 Å². The Morgan fingerprint density at radius 2 is 2.33 bits per heavy atom. The Morgan fingerprint density at radius 1 is 1.56 bits per heavy atom. The first-order valence-corrected chi connectivity index (χ1v) is 3.27. The maximum Gasteiger partial charge on any atom is 0.220 e. The lowest BCUT2D eigenvalue weighted by Crippen LogP contribution is -2.41. The fourth-order valence-corrected chi connectivity index (χ4v) is 0.958. The number of nitrogens with zero attached hydrogens (tertiary/aromatic N) is 1. The molecule has 0 unspecified atom stereocenters. The van der Waals surface area contributed by atoms with Gasteiger partial charge in [-0.05, 0) is 4.74 Å². The Morgan fingerprint density at radius 3 is 2.78 bits per heavy atom. The number of rotatable bonds is 1. The van der Waals surface area contributed by atoms with E-state index >= 15 is 0 Å². The minimum atomic E-state index is 0.323. The van der Waals surface area contributed by atoms with Gasteiger partial charge in [0.2, 0.25) is 11.7 Å². The van der Waals surface area contributed by atoms with Crippen LogP contribution in [0.2, 0.25) is 0 Å². The zero-order valence-electron chi connectivity index (χ0n) is 5.50. The first-order chi connectivity index (χ1) is 4.31. The average molecular weight is 124 g/mol. The summed E-state index contributed by atoms with van der Waals surface area (Å²) in [6.45, 7) is 2.20. The lowest BCUT2D eigenvalue weighted by molar-refractivity contribution is -0.893. The van der Waals surface area contributed by atoms with E-state index in [1.54, 1.807) is 6.26 Å². The average Bonchev–Trinajstić information content (AvgIpc) is 2.46. The van der Waals surface area contributed by atoms with Crippen molar-refractivity contribution >= 4 is 0 Å². The van der Waals surface area contributed by atoms with Crippen molar-refractivity contribution in [2.45, 2.75) is 25.3 Å². The van der Waals surface area contributed by atoms with E-state index in [4.69, 9.17) is 4.52 Å². The summed E-state index contributed by atoms with van der Waals surface area (Å²) in [4.78, 5) is 0. The van der Waals surface area contributed by atoms with Crippen molar-refractivity contribution in [1.82, 2.24) is 0 Å². The molecular weight excluding hydrogens is 114 g/mol. The molecule has 1 heterocycles. The van der Waals surface area contributed by atoms with Crippen LogP contribution in [0.5, 0.6) is 0 Å². The van der Waals surface area contributed by atoms with E-state index in [-0.39, 0.29) is 0 Å². The third kappa shape index (κ3) is 0.661. The van der Waals surface area contributed by atoms with Gasteiger partial charge >= 0.3 is 0 Å². The molecule has 0 radical (unpaired) electrons. The quantitative estimate of drug-likeness (QED) is 0.512. The van der Waals surface area contributed by atoms with E-state index < -0.39 is 0 Å². The minimum absolute atomic E-state index is 0.323. The Bertz CT molecular complexity index is 199. The summed E-state index contributed by atoms with van der Waals surface area (Å²) in [5.74, 6) is 0. The smallest absolute Gasteiger partial charge is 0.220 e. The molecule has 1 aliphatic rings. The normalized spacial score (nSPS) is 21.9. The van der Waals surface area contributed by atoms with Crippen molar-refractivity contribution in [1.29, 1.82) is 0 Å². The Balaban J connectivity index is 2.34. The summed E-state index contributed by atoms with van der Waals surface area (Å²) >= 11 is 0. The number of hydrogen-bond acceptors (Lipinski definition) is 1. The Kier molecular flexibility index (Phi) is 0.770. The molecule has 48 valence electrons. The highest BCUT2D eigenvalue weighted by molar-refractivity contribution is 4.82. The molecule has 1 aromatic heterocycles. The lowest BCUT2D eigenvalue weighted by Gasteiger charge is -1.91. The van der Waals surface area contributed by atoms with E-state index in [1.807, 2.05) is 17.0 Å². The summed E-state index contributed by atoms with van der Waals surface area (Å²) in [5, 5.41) is 0. The van der Waals surface area contributed by atoms with Crippen LogP contribution in [0, 0.1) is 0 Å². The lowest BCUT2D eigenvalue weighted by atomic mass is 10.3. The van der Waals surface area contributed by atoms with Gasteiger partial charge in [-0.2, -0.15) is 0 Å². The van der Waals surface area contributed by atoms with Crippen molar-refractivity contribution < 1.29 is 9.26 Å². The van der Waals surface area contributed by atoms with Gasteiger partial charge in [0.1, 0.15) is 0 Å². The molecular formula is C7H10NO+. The van der Waals surface area contributed by atoms with Gasteiger partial charge < -0.3 is 0 Å². The van der Waals surface area contributed by atoms with E-state index in [1.165, 1.54) is 12.8 Å². The van der Waals surface area contributed by atoms with Gasteiger partial charge in [-0.3, -0.25) is 0 Å². The second-order valence-corrected chi connectivity index (χ2v) is 2.91. The molecule has 0 spiro atoms. The number of hydrogen-bond donors (Lipinski definition) is 0.